The molecular weight excluding hydrogens is 450 g/mol. The zero-order valence-corrected chi connectivity index (χ0v) is 17.9. The third-order valence-electron chi connectivity index (χ3n) is 3.57. The number of rotatable bonds is 7. The summed E-state index contributed by atoms with van der Waals surface area (Å²) in [4.78, 5) is 4.30. The van der Waals surface area contributed by atoms with Crippen molar-refractivity contribution in [1.29, 1.82) is 0 Å². The van der Waals surface area contributed by atoms with E-state index in [2.05, 4.69) is 31.4 Å². The van der Waals surface area contributed by atoms with E-state index in [0.29, 0.717) is 17.4 Å². The molecule has 0 aliphatic heterocycles. The molecule has 0 saturated heterocycles. The van der Waals surface area contributed by atoms with Crippen LogP contribution < -0.4 is 14.9 Å². The maximum absolute atomic E-state index is 6.21. The SMILES string of the molecule is COc1ccc(C=NNc2nc(C)cs2)cc1COc1ccc(Br)cc1Cl. The van der Waals surface area contributed by atoms with Crippen molar-refractivity contribution in [3.63, 3.8) is 0 Å². The van der Waals surface area contributed by atoms with Crippen molar-refractivity contribution in [2.45, 2.75) is 13.5 Å². The number of nitrogens with zero attached hydrogens (tertiary/aromatic N) is 2. The Morgan fingerprint density at radius 3 is 2.78 bits per heavy atom. The summed E-state index contributed by atoms with van der Waals surface area (Å²) in [5, 5.41) is 7.50. The molecule has 0 unspecified atom stereocenters. The molecule has 0 spiro atoms. The molecule has 0 aliphatic rings. The summed E-state index contributed by atoms with van der Waals surface area (Å²) in [5.74, 6) is 1.35. The zero-order chi connectivity index (χ0) is 19.2. The monoisotopic (exact) mass is 465 g/mol. The van der Waals surface area contributed by atoms with E-state index in [1.165, 1.54) is 11.3 Å². The quantitative estimate of drug-likeness (QED) is 0.348. The van der Waals surface area contributed by atoms with E-state index in [4.69, 9.17) is 21.1 Å². The lowest BCUT2D eigenvalue weighted by molar-refractivity contribution is 0.297. The highest BCUT2D eigenvalue weighted by atomic mass is 79.9. The number of halogens is 2. The standard InChI is InChI=1S/C19H17BrClN3O2S/c1-12-11-27-19(23-12)24-22-9-13-3-5-17(25-2)14(7-13)10-26-18-6-4-15(20)8-16(18)21/h3-9,11H,10H2,1-2H3,(H,23,24). The van der Waals surface area contributed by atoms with Crippen molar-refractivity contribution in [1.82, 2.24) is 4.98 Å². The summed E-state index contributed by atoms with van der Waals surface area (Å²) in [6.45, 7) is 2.27. The molecule has 3 rings (SSSR count). The van der Waals surface area contributed by atoms with Gasteiger partial charge in [-0.25, -0.2) is 4.98 Å². The van der Waals surface area contributed by atoms with Gasteiger partial charge in [0.15, 0.2) is 0 Å². The summed E-state index contributed by atoms with van der Waals surface area (Å²) in [6, 6.07) is 11.3. The van der Waals surface area contributed by atoms with Crippen LogP contribution in [0.3, 0.4) is 0 Å². The van der Waals surface area contributed by atoms with Gasteiger partial charge in [-0.2, -0.15) is 5.10 Å². The fourth-order valence-corrected chi connectivity index (χ4v) is 3.67. The Labute approximate surface area is 175 Å². The van der Waals surface area contributed by atoms with Crippen LogP contribution in [0, 0.1) is 6.92 Å². The Morgan fingerprint density at radius 2 is 2.07 bits per heavy atom. The smallest absolute Gasteiger partial charge is 0.203 e. The number of aromatic nitrogens is 1. The number of ether oxygens (including phenoxy) is 2. The molecule has 0 amide bonds. The number of anilines is 1. The number of nitrogens with one attached hydrogen (secondary N) is 1. The van der Waals surface area contributed by atoms with Crippen molar-refractivity contribution in [2.75, 3.05) is 12.5 Å². The summed E-state index contributed by atoms with van der Waals surface area (Å²) in [5.41, 5.74) is 5.70. The summed E-state index contributed by atoms with van der Waals surface area (Å²) < 4.78 is 12.2. The van der Waals surface area contributed by atoms with Crippen molar-refractivity contribution in [3.8, 4) is 11.5 Å². The fourth-order valence-electron chi connectivity index (χ4n) is 2.31. The number of hydrogen-bond donors (Lipinski definition) is 1. The molecule has 0 aliphatic carbocycles. The fraction of sp³-hybridized carbons (Fsp3) is 0.158. The van der Waals surface area contributed by atoms with E-state index < -0.39 is 0 Å². The van der Waals surface area contributed by atoms with E-state index in [1.54, 1.807) is 19.4 Å². The molecule has 0 saturated carbocycles. The van der Waals surface area contributed by atoms with Gasteiger partial charge in [0.05, 0.1) is 24.0 Å². The van der Waals surface area contributed by atoms with E-state index >= 15 is 0 Å². The van der Waals surface area contributed by atoms with Crippen LogP contribution in [0.1, 0.15) is 16.8 Å². The highest BCUT2D eigenvalue weighted by Crippen LogP contribution is 2.29. The molecular formula is C19H17BrClN3O2S. The molecule has 27 heavy (non-hydrogen) atoms. The molecule has 0 atom stereocenters. The van der Waals surface area contributed by atoms with Crippen LogP contribution in [0.4, 0.5) is 5.13 Å². The first kappa shape index (κ1) is 19.7. The van der Waals surface area contributed by atoms with Crippen molar-refractivity contribution in [2.24, 2.45) is 5.10 Å². The van der Waals surface area contributed by atoms with E-state index in [1.807, 2.05) is 42.6 Å². The highest BCUT2D eigenvalue weighted by molar-refractivity contribution is 9.10. The highest BCUT2D eigenvalue weighted by Gasteiger charge is 2.08. The number of hydrazone groups is 1. The van der Waals surface area contributed by atoms with Gasteiger partial charge in [-0.1, -0.05) is 27.5 Å². The minimum absolute atomic E-state index is 0.325. The molecule has 0 radical (unpaired) electrons. The molecule has 8 heteroatoms. The normalized spacial score (nSPS) is 11.0. The van der Waals surface area contributed by atoms with Gasteiger partial charge in [0.1, 0.15) is 18.1 Å². The lowest BCUT2D eigenvalue weighted by Crippen LogP contribution is -2.01. The predicted molar refractivity (Wildman–Crippen MR) is 115 cm³/mol. The maximum atomic E-state index is 6.21. The Hall–Kier alpha value is -2.09. The largest absolute Gasteiger partial charge is 0.496 e. The van der Waals surface area contributed by atoms with Gasteiger partial charge in [-0.15, -0.1) is 11.3 Å². The molecule has 1 N–H and O–H groups in total. The van der Waals surface area contributed by atoms with Crippen molar-refractivity contribution < 1.29 is 9.47 Å². The second kappa shape index (κ2) is 9.21. The van der Waals surface area contributed by atoms with Gasteiger partial charge in [0.2, 0.25) is 5.13 Å². The summed E-state index contributed by atoms with van der Waals surface area (Å²) in [7, 11) is 1.63. The Balaban J connectivity index is 1.70. The molecule has 3 aromatic rings. The van der Waals surface area contributed by atoms with Crippen molar-refractivity contribution in [3.05, 3.63) is 68.1 Å². The van der Waals surface area contributed by atoms with Crippen LogP contribution in [0.2, 0.25) is 5.02 Å². The van der Waals surface area contributed by atoms with Crippen LogP contribution in [0.25, 0.3) is 0 Å². The van der Waals surface area contributed by atoms with Crippen LogP contribution in [0.15, 0.2) is 51.4 Å². The minimum atomic E-state index is 0.325. The van der Waals surface area contributed by atoms with Crippen molar-refractivity contribution >= 4 is 50.2 Å². The molecule has 5 nitrogen and oxygen atoms in total. The lowest BCUT2D eigenvalue weighted by atomic mass is 10.1. The zero-order valence-electron chi connectivity index (χ0n) is 14.7. The number of methoxy groups -OCH3 is 1. The van der Waals surface area contributed by atoms with Crippen LogP contribution in [-0.2, 0) is 6.61 Å². The Morgan fingerprint density at radius 1 is 1.26 bits per heavy atom. The topological polar surface area (TPSA) is 55.7 Å². The van der Waals surface area contributed by atoms with Gasteiger partial charge in [0, 0.05) is 15.4 Å². The molecule has 0 bridgehead atoms. The summed E-state index contributed by atoms with van der Waals surface area (Å²) >= 11 is 11.1. The first-order valence-electron chi connectivity index (χ1n) is 8.01. The molecule has 0 fully saturated rings. The number of aryl methyl sites for hydroxylation is 1. The van der Waals surface area contributed by atoms with Gasteiger partial charge in [-0.05, 0) is 48.9 Å². The van der Waals surface area contributed by atoms with E-state index in [0.717, 1.165) is 32.2 Å². The van der Waals surface area contributed by atoms with Gasteiger partial charge >= 0.3 is 0 Å². The minimum Gasteiger partial charge on any atom is -0.496 e. The van der Waals surface area contributed by atoms with Gasteiger partial charge in [-0.3, -0.25) is 5.43 Å². The second-order valence-electron chi connectivity index (χ2n) is 5.60. The molecule has 1 heterocycles. The van der Waals surface area contributed by atoms with Crippen LogP contribution >= 0.6 is 38.9 Å². The Kier molecular flexibility index (Phi) is 6.71. The number of hydrogen-bond acceptors (Lipinski definition) is 6. The third-order valence-corrected chi connectivity index (χ3v) is 5.23. The molecule has 1 aromatic heterocycles. The first-order chi connectivity index (χ1) is 13.0. The van der Waals surface area contributed by atoms with Gasteiger partial charge < -0.3 is 9.47 Å². The molecule has 2 aromatic carbocycles. The summed E-state index contributed by atoms with van der Waals surface area (Å²) in [6.07, 6.45) is 1.73. The maximum Gasteiger partial charge on any atom is 0.203 e. The Bertz CT molecular complexity index is 962. The first-order valence-corrected chi connectivity index (χ1v) is 10.1. The number of benzene rings is 2. The van der Waals surface area contributed by atoms with Crippen LogP contribution in [-0.4, -0.2) is 18.3 Å². The number of thiazole rings is 1. The van der Waals surface area contributed by atoms with Crippen LogP contribution in [0.5, 0.6) is 11.5 Å². The second-order valence-corrected chi connectivity index (χ2v) is 7.78. The van der Waals surface area contributed by atoms with E-state index in [-0.39, 0.29) is 0 Å². The average Bonchev–Trinajstić information content (AvgIpc) is 3.06. The lowest BCUT2D eigenvalue weighted by Gasteiger charge is -2.12. The average molecular weight is 467 g/mol. The predicted octanol–water partition coefficient (Wildman–Crippen LogP) is 5.90. The van der Waals surface area contributed by atoms with Gasteiger partial charge in [0.25, 0.3) is 0 Å². The molecule has 140 valence electrons. The van der Waals surface area contributed by atoms with E-state index in [9.17, 15) is 0 Å². The third kappa shape index (κ3) is 5.45.